The van der Waals surface area contributed by atoms with E-state index in [2.05, 4.69) is 4.74 Å². The Morgan fingerprint density at radius 1 is 1.62 bits per heavy atom. The van der Waals surface area contributed by atoms with Crippen LogP contribution in [0.25, 0.3) is 0 Å². The molecule has 1 atom stereocenters. The van der Waals surface area contributed by atoms with E-state index in [1.807, 2.05) is 0 Å². The summed E-state index contributed by atoms with van der Waals surface area (Å²) in [5.74, 6) is -0.964. The van der Waals surface area contributed by atoms with Crippen LogP contribution in [0.15, 0.2) is 12.1 Å². The number of ether oxygens (including phenoxy) is 1. The highest BCUT2D eigenvalue weighted by atomic mass is 35.5. The van der Waals surface area contributed by atoms with Gasteiger partial charge in [0.05, 0.1) is 13.5 Å². The van der Waals surface area contributed by atoms with Gasteiger partial charge in [0.1, 0.15) is 5.82 Å². The van der Waals surface area contributed by atoms with Crippen molar-refractivity contribution in [2.24, 2.45) is 5.73 Å². The van der Waals surface area contributed by atoms with E-state index >= 15 is 0 Å². The van der Waals surface area contributed by atoms with Gasteiger partial charge in [0.15, 0.2) is 0 Å². The molecule has 0 aliphatic heterocycles. The first-order chi connectivity index (χ1) is 7.47. The second-order valence-electron chi connectivity index (χ2n) is 3.48. The first-order valence-corrected chi connectivity index (χ1v) is 5.12. The standard InChI is InChI=1S/C11H13ClFNO2/c1-6-3-4-7(12)10(11(6)13)8(14)5-9(15)16-2/h3-4,8H,5,14H2,1-2H3/t8-/m1/s1. The number of carbonyl (C=O) groups is 1. The molecule has 0 bridgehead atoms. The average Bonchev–Trinajstić information content (AvgIpc) is 2.24. The molecule has 1 aromatic rings. The van der Waals surface area contributed by atoms with E-state index in [-0.39, 0.29) is 17.0 Å². The molecule has 1 aromatic carbocycles. The summed E-state index contributed by atoms with van der Waals surface area (Å²) in [6.45, 7) is 1.61. The molecule has 5 heteroatoms. The predicted octanol–water partition coefficient (Wildman–Crippen LogP) is 2.35. The molecule has 0 aromatic heterocycles. The molecule has 0 heterocycles. The number of benzene rings is 1. The molecule has 0 saturated carbocycles. The van der Waals surface area contributed by atoms with Gasteiger partial charge in [-0.3, -0.25) is 4.79 Å². The van der Waals surface area contributed by atoms with Crippen molar-refractivity contribution in [3.8, 4) is 0 Å². The first kappa shape index (κ1) is 12.9. The van der Waals surface area contributed by atoms with Crippen molar-refractivity contribution in [3.63, 3.8) is 0 Å². The Balaban J connectivity index is 3.03. The van der Waals surface area contributed by atoms with E-state index in [9.17, 15) is 9.18 Å². The fraction of sp³-hybridized carbons (Fsp3) is 0.364. The van der Waals surface area contributed by atoms with Crippen LogP contribution >= 0.6 is 11.6 Å². The third kappa shape index (κ3) is 2.71. The summed E-state index contributed by atoms with van der Waals surface area (Å²) in [6, 6.07) is 2.33. The molecular formula is C11H13ClFNO2. The Kier molecular flexibility index (Phi) is 4.26. The summed E-state index contributed by atoms with van der Waals surface area (Å²) in [5.41, 5.74) is 6.32. The molecule has 88 valence electrons. The topological polar surface area (TPSA) is 52.3 Å². The van der Waals surface area contributed by atoms with Crippen molar-refractivity contribution in [2.45, 2.75) is 19.4 Å². The lowest BCUT2D eigenvalue weighted by molar-refractivity contribution is -0.141. The Bertz CT molecular complexity index is 409. The lowest BCUT2D eigenvalue weighted by Gasteiger charge is -2.14. The summed E-state index contributed by atoms with van der Waals surface area (Å²) >= 11 is 5.85. The van der Waals surface area contributed by atoms with Gasteiger partial charge < -0.3 is 10.5 Å². The molecule has 3 nitrogen and oxygen atoms in total. The third-order valence-electron chi connectivity index (χ3n) is 2.30. The highest BCUT2D eigenvalue weighted by molar-refractivity contribution is 6.31. The van der Waals surface area contributed by atoms with E-state index in [1.165, 1.54) is 7.11 Å². The number of hydrogen-bond donors (Lipinski definition) is 1. The smallest absolute Gasteiger partial charge is 0.307 e. The normalized spacial score (nSPS) is 12.3. The Morgan fingerprint density at radius 3 is 2.81 bits per heavy atom. The molecule has 0 spiro atoms. The van der Waals surface area contributed by atoms with Crippen LogP contribution in [0.4, 0.5) is 4.39 Å². The van der Waals surface area contributed by atoms with Crippen molar-refractivity contribution in [1.82, 2.24) is 0 Å². The number of carbonyl (C=O) groups excluding carboxylic acids is 1. The molecule has 0 amide bonds. The van der Waals surface area contributed by atoms with Gasteiger partial charge in [0, 0.05) is 16.6 Å². The van der Waals surface area contributed by atoms with Gasteiger partial charge >= 0.3 is 5.97 Å². The number of nitrogens with two attached hydrogens (primary N) is 1. The maximum atomic E-state index is 13.8. The zero-order valence-corrected chi connectivity index (χ0v) is 9.84. The summed E-state index contributed by atoms with van der Waals surface area (Å²) in [4.78, 5) is 11.0. The van der Waals surface area contributed by atoms with E-state index in [0.29, 0.717) is 5.56 Å². The third-order valence-corrected chi connectivity index (χ3v) is 2.63. The van der Waals surface area contributed by atoms with E-state index in [0.717, 1.165) is 0 Å². The maximum Gasteiger partial charge on any atom is 0.307 e. The summed E-state index contributed by atoms with van der Waals surface area (Å²) in [5, 5.41) is 0.222. The van der Waals surface area contributed by atoms with Crippen LogP contribution in [0.2, 0.25) is 5.02 Å². The number of methoxy groups -OCH3 is 1. The predicted molar refractivity (Wildman–Crippen MR) is 59.7 cm³/mol. The molecular weight excluding hydrogens is 233 g/mol. The summed E-state index contributed by atoms with van der Waals surface area (Å²) in [7, 11) is 1.25. The average molecular weight is 246 g/mol. The number of halogens is 2. The Hall–Kier alpha value is -1.13. The van der Waals surface area contributed by atoms with Gasteiger partial charge in [-0.1, -0.05) is 17.7 Å². The molecule has 0 saturated heterocycles. The minimum atomic E-state index is -0.792. The lowest BCUT2D eigenvalue weighted by atomic mass is 10.0. The minimum Gasteiger partial charge on any atom is -0.469 e. The van der Waals surface area contributed by atoms with Gasteiger partial charge in [-0.25, -0.2) is 4.39 Å². The Morgan fingerprint density at radius 2 is 2.25 bits per heavy atom. The van der Waals surface area contributed by atoms with Crippen LogP contribution in [0, 0.1) is 12.7 Å². The molecule has 2 N–H and O–H groups in total. The van der Waals surface area contributed by atoms with Crippen molar-refractivity contribution in [3.05, 3.63) is 34.1 Å². The molecule has 0 unspecified atom stereocenters. The molecule has 0 aliphatic carbocycles. The van der Waals surface area contributed by atoms with Gasteiger partial charge in [-0.05, 0) is 18.6 Å². The molecule has 0 radical (unpaired) electrons. The second-order valence-corrected chi connectivity index (χ2v) is 3.89. The zero-order valence-electron chi connectivity index (χ0n) is 9.09. The van der Waals surface area contributed by atoms with Gasteiger partial charge in [-0.15, -0.1) is 0 Å². The highest BCUT2D eigenvalue weighted by Crippen LogP contribution is 2.28. The fourth-order valence-corrected chi connectivity index (χ4v) is 1.67. The van der Waals surface area contributed by atoms with Gasteiger partial charge in [0.25, 0.3) is 0 Å². The van der Waals surface area contributed by atoms with Crippen molar-refractivity contribution >= 4 is 17.6 Å². The lowest BCUT2D eigenvalue weighted by Crippen LogP contribution is -2.18. The quantitative estimate of drug-likeness (QED) is 0.832. The van der Waals surface area contributed by atoms with E-state index < -0.39 is 17.8 Å². The van der Waals surface area contributed by atoms with Crippen LogP contribution in [-0.2, 0) is 9.53 Å². The van der Waals surface area contributed by atoms with Crippen LogP contribution in [0.1, 0.15) is 23.6 Å². The van der Waals surface area contributed by atoms with Crippen LogP contribution in [-0.4, -0.2) is 13.1 Å². The van der Waals surface area contributed by atoms with Gasteiger partial charge in [-0.2, -0.15) is 0 Å². The maximum absolute atomic E-state index is 13.8. The van der Waals surface area contributed by atoms with Crippen molar-refractivity contribution in [1.29, 1.82) is 0 Å². The van der Waals surface area contributed by atoms with Crippen molar-refractivity contribution < 1.29 is 13.9 Å². The summed E-state index contributed by atoms with van der Waals surface area (Å²) < 4.78 is 18.2. The summed E-state index contributed by atoms with van der Waals surface area (Å²) in [6.07, 6.45) is -0.101. The molecule has 0 aliphatic rings. The zero-order chi connectivity index (χ0) is 12.3. The monoisotopic (exact) mass is 245 g/mol. The second kappa shape index (κ2) is 5.27. The van der Waals surface area contributed by atoms with Crippen molar-refractivity contribution in [2.75, 3.05) is 7.11 Å². The van der Waals surface area contributed by atoms with Gasteiger partial charge in [0.2, 0.25) is 0 Å². The molecule has 16 heavy (non-hydrogen) atoms. The highest BCUT2D eigenvalue weighted by Gasteiger charge is 2.20. The molecule has 0 fully saturated rings. The minimum absolute atomic E-state index is 0.101. The number of hydrogen-bond acceptors (Lipinski definition) is 3. The fourth-order valence-electron chi connectivity index (χ4n) is 1.38. The van der Waals surface area contributed by atoms with Crippen LogP contribution in [0.5, 0.6) is 0 Å². The SMILES string of the molecule is COC(=O)C[C@@H](N)c1c(Cl)ccc(C)c1F. The van der Waals surface area contributed by atoms with Crippen LogP contribution < -0.4 is 5.73 Å². The number of aryl methyl sites for hydroxylation is 1. The molecule has 1 rings (SSSR count). The Labute approximate surface area is 98.3 Å². The number of esters is 1. The van der Waals surface area contributed by atoms with Crippen LogP contribution in [0.3, 0.4) is 0 Å². The number of rotatable bonds is 3. The van der Waals surface area contributed by atoms with E-state index in [4.69, 9.17) is 17.3 Å². The largest absolute Gasteiger partial charge is 0.469 e. The van der Waals surface area contributed by atoms with E-state index in [1.54, 1.807) is 19.1 Å². The first-order valence-electron chi connectivity index (χ1n) is 4.74.